The fourth-order valence-corrected chi connectivity index (χ4v) is 3.43. The molecule has 0 spiro atoms. The number of rotatable bonds is 3. The van der Waals surface area contributed by atoms with Gasteiger partial charge in [-0.1, -0.05) is 23.7 Å². The SMILES string of the molecule is Cc1cc(Cl)ccc1N=Nc1c(-c2cccs2)nc2ccccn12. The van der Waals surface area contributed by atoms with Crippen LogP contribution in [0.2, 0.25) is 5.02 Å². The number of imidazole rings is 1. The maximum absolute atomic E-state index is 6.00. The molecule has 0 saturated heterocycles. The molecule has 3 heterocycles. The summed E-state index contributed by atoms with van der Waals surface area (Å²) in [5.41, 5.74) is 3.47. The first-order chi connectivity index (χ1) is 11.7. The summed E-state index contributed by atoms with van der Waals surface area (Å²) in [6.07, 6.45) is 1.95. The molecule has 4 aromatic rings. The molecule has 0 aliphatic carbocycles. The van der Waals surface area contributed by atoms with E-state index >= 15 is 0 Å². The van der Waals surface area contributed by atoms with Crippen molar-refractivity contribution in [3.8, 4) is 10.6 Å². The molecule has 0 amide bonds. The van der Waals surface area contributed by atoms with Gasteiger partial charge in [0.15, 0.2) is 5.82 Å². The number of azo groups is 1. The Balaban J connectivity index is 1.86. The van der Waals surface area contributed by atoms with Crippen molar-refractivity contribution < 1.29 is 0 Å². The van der Waals surface area contributed by atoms with E-state index in [1.54, 1.807) is 11.3 Å². The van der Waals surface area contributed by atoms with Crippen LogP contribution >= 0.6 is 22.9 Å². The minimum absolute atomic E-state index is 0.695. The average Bonchev–Trinajstić information content (AvgIpc) is 3.21. The van der Waals surface area contributed by atoms with E-state index in [1.807, 2.05) is 71.4 Å². The van der Waals surface area contributed by atoms with Crippen molar-refractivity contribution in [1.82, 2.24) is 9.38 Å². The maximum Gasteiger partial charge on any atom is 0.188 e. The first kappa shape index (κ1) is 15.1. The molecule has 0 aliphatic heterocycles. The number of nitrogens with zero attached hydrogens (tertiary/aromatic N) is 4. The summed E-state index contributed by atoms with van der Waals surface area (Å²) in [6, 6.07) is 15.5. The third-order valence-corrected chi connectivity index (χ3v) is 4.78. The monoisotopic (exact) mass is 352 g/mol. The van der Waals surface area contributed by atoms with Gasteiger partial charge in [0.2, 0.25) is 0 Å². The fraction of sp³-hybridized carbons (Fsp3) is 0.0556. The Bertz CT molecular complexity index is 1030. The van der Waals surface area contributed by atoms with Gasteiger partial charge in [-0.25, -0.2) is 4.98 Å². The van der Waals surface area contributed by atoms with Gasteiger partial charge in [0.25, 0.3) is 0 Å². The first-order valence-corrected chi connectivity index (χ1v) is 8.67. The number of thiophene rings is 1. The second kappa shape index (κ2) is 6.19. The van der Waals surface area contributed by atoms with E-state index in [-0.39, 0.29) is 0 Å². The number of hydrogen-bond donors (Lipinski definition) is 0. The fourth-order valence-electron chi connectivity index (χ4n) is 2.49. The summed E-state index contributed by atoms with van der Waals surface area (Å²) in [5, 5.41) is 11.6. The van der Waals surface area contributed by atoms with E-state index in [0.717, 1.165) is 33.3 Å². The summed E-state index contributed by atoms with van der Waals surface area (Å²) in [7, 11) is 0. The van der Waals surface area contributed by atoms with Gasteiger partial charge in [-0.2, -0.15) is 0 Å². The number of aromatic nitrogens is 2. The molecule has 0 N–H and O–H groups in total. The van der Waals surface area contributed by atoms with Crippen LogP contribution in [-0.4, -0.2) is 9.38 Å². The van der Waals surface area contributed by atoms with Crippen LogP contribution in [0, 0.1) is 6.92 Å². The summed E-state index contributed by atoms with van der Waals surface area (Å²) in [5.74, 6) is 0.724. The van der Waals surface area contributed by atoms with Gasteiger partial charge < -0.3 is 0 Å². The van der Waals surface area contributed by atoms with Crippen molar-refractivity contribution in [3.63, 3.8) is 0 Å². The standard InChI is InChI=1S/C18H13ClN4S/c1-12-11-13(19)7-8-14(12)21-22-18-17(15-5-4-10-24-15)20-16-6-2-3-9-23(16)18/h2-11H,1H3. The number of hydrogen-bond acceptors (Lipinski definition) is 4. The van der Waals surface area contributed by atoms with E-state index in [9.17, 15) is 0 Å². The van der Waals surface area contributed by atoms with E-state index < -0.39 is 0 Å². The summed E-state index contributed by atoms with van der Waals surface area (Å²) in [6.45, 7) is 1.97. The highest BCUT2D eigenvalue weighted by molar-refractivity contribution is 7.13. The van der Waals surface area contributed by atoms with Gasteiger partial charge >= 0.3 is 0 Å². The molecule has 0 radical (unpaired) electrons. The van der Waals surface area contributed by atoms with Crippen LogP contribution in [0.3, 0.4) is 0 Å². The predicted molar refractivity (Wildman–Crippen MR) is 98.9 cm³/mol. The largest absolute Gasteiger partial charge is 0.283 e. The number of pyridine rings is 1. The third-order valence-electron chi connectivity index (χ3n) is 3.67. The van der Waals surface area contributed by atoms with E-state index in [4.69, 9.17) is 16.6 Å². The Labute approximate surface area is 148 Å². The van der Waals surface area contributed by atoms with Crippen molar-refractivity contribution in [2.24, 2.45) is 10.2 Å². The van der Waals surface area contributed by atoms with E-state index in [0.29, 0.717) is 5.02 Å². The minimum atomic E-state index is 0.695. The zero-order valence-electron chi connectivity index (χ0n) is 12.8. The molecule has 1 aromatic carbocycles. The molecule has 118 valence electrons. The lowest BCUT2D eigenvalue weighted by Crippen LogP contribution is -1.81. The van der Waals surface area contributed by atoms with Crippen LogP contribution in [0.15, 0.2) is 70.3 Å². The Morgan fingerprint density at radius 3 is 2.79 bits per heavy atom. The number of halogens is 1. The molecule has 24 heavy (non-hydrogen) atoms. The Morgan fingerprint density at radius 2 is 2.00 bits per heavy atom. The van der Waals surface area contributed by atoms with Crippen LogP contribution in [0.5, 0.6) is 0 Å². The first-order valence-electron chi connectivity index (χ1n) is 7.41. The predicted octanol–water partition coefficient (Wildman–Crippen LogP) is 6.44. The molecular formula is C18H13ClN4S. The Hall–Kier alpha value is -2.50. The lowest BCUT2D eigenvalue weighted by molar-refractivity contribution is 1.10. The molecular weight excluding hydrogens is 340 g/mol. The number of aryl methyl sites for hydroxylation is 1. The van der Waals surface area contributed by atoms with Crippen LogP contribution < -0.4 is 0 Å². The van der Waals surface area contributed by atoms with Gasteiger partial charge in [0, 0.05) is 11.2 Å². The van der Waals surface area contributed by atoms with Crippen LogP contribution in [-0.2, 0) is 0 Å². The van der Waals surface area contributed by atoms with Crippen molar-refractivity contribution >= 4 is 40.1 Å². The molecule has 4 rings (SSSR count). The Kier molecular flexibility index (Phi) is 3.88. The average molecular weight is 353 g/mol. The normalized spacial score (nSPS) is 11.6. The third kappa shape index (κ3) is 2.72. The van der Waals surface area contributed by atoms with Crippen LogP contribution in [0.4, 0.5) is 11.5 Å². The molecule has 3 aromatic heterocycles. The molecule has 0 fully saturated rings. The molecule has 4 nitrogen and oxygen atoms in total. The smallest absolute Gasteiger partial charge is 0.188 e. The minimum Gasteiger partial charge on any atom is -0.283 e. The van der Waals surface area contributed by atoms with E-state index in [1.165, 1.54) is 0 Å². The summed E-state index contributed by atoms with van der Waals surface area (Å²) in [4.78, 5) is 5.77. The summed E-state index contributed by atoms with van der Waals surface area (Å²) < 4.78 is 1.95. The molecule has 0 saturated carbocycles. The van der Waals surface area contributed by atoms with Gasteiger partial charge in [-0.3, -0.25) is 4.40 Å². The highest BCUT2D eigenvalue weighted by atomic mass is 35.5. The molecule has 0 unspecified atom stereocenters. The van der Waals surface area contributed by atoms with Gasteiger partial charge in [0.1, 0.15) is 11.3 Å². The van der Waals surface area contributed by atoms with Crippen molar-refractivity contribution in [2.75, 3.05) is 0 Å². The molecule has 0 atom stereocenters. The van der Waals surface area contributed by atoms with E-state index in [2.05, 4.69) is 10.2 Å². The molecule has 6 heteroatoms. The summed E-state index contributed by atoms with van der Waals surface area (Å²) >= 11 is 7.64. The van der Waals surface area contributed by atoms with Gasteiger partial charge in [-0.15, -0.1) is 21.6 Å². The molecule has 0 bridgehead atoms. The maximum atomic E-state index is 6.00. The highest BCUT2D eigenvalue weighted by Gasteiger charge is 2.14. The number of fused-ring (bicyclic) bond motifs is 1. The van der Waals surface area contributed by atoms with Crippen molar-refractivity contribution in [2.45, 2.75) is 6.92 Å². The van der Waals surface area contributed by atoms with Gasteiger partial charge in [-0.05, 0) is 54.3 Å². The van der Waals surface area contributed by atoms with Crippen molar-refractivity contribution in [3.05, 3.63) is 70.7 Å². The molecule has 0 aliphatic rings. The van der Waals surface area contributed by atoms with Crippen LogP contribution in [0.1, 0.15) is 5.56 Å². The zero-order chi connectivity index (χ0) is 16.5. The van der Waals surface area contributed by atoms with Gasteiger partial charge in [0.05, 0.1) is 10.6 Å². The second-order valence-corrected chi connectivity index (χ2v) is 6.71. The zero-order valence-corrected chi connectivity index (χ0v) is 14.4. The highest BCUT2D eigenvalue weighted by Crippen LogP contribution is 2.35. The number of benzene rings is 1. The van der Waals surface area contributed by atoms with Crippen molar-refractivity contribution in [1.29, 1.82) is 0 Å². The lowest BCUT2D eigenvalue weighted by atomic mass is 10.2. The van der Waals surface area contributed by atoms with Crippen LogP contribution in [0.25, 0.3) is 16.2 Å². The topological polar surface area (TPSA) is 42.0 Å². The lowest BCUT2D eigenvalue weighted by Gasteiger charge is -2.00. The quantitative estimate of drug-likeness (QED) is 0.391. The second-order valence-electron chi connectivity index (χ2n) is 5.32. The Morgan fingerprint density at radius 1 is 1.08 bits per heavy atom.